The largest absolute Gasteiger partial charge is 0.378 e. The summed E-state index contributed by atoms with van der Waals surface area (Å²) in [6.07, 6.45) is 2.26. The molecule has 0 aromatic rings. The summed E-state index contributed by atoms with van der Waals surface area (Å²) in [5.41, 5.74) is 0. The maximum absolute atomic E-state index is 11.4. The molecule has 0 aliphatic carbocycles. The molecule has 8 heteroatoms. The molecular weight excluding hydrogens is 254 g/mol. The minimum atomic E-state index is -0.484. The number of amides is 3. The third-order valence-electron chi connectivity index (χ3n) is 2.33. The second-order valence-electron chi connectivity index (χ2n) is 3.94. The van der Waals surface area contributed by atoms with E-state index in [9.17, 15) is 14.4 Å². The van der Waals surface area contributed by atoms with E-state index in [-0.39, 0.29) is 13.1 Å². The Labute approximate surface area is 110 Å². The smallest absolute Gasteiger partial charge is 0.254 e. The van der Waals surface area contributed by atoms with Crippen molar-refractivity contribution in [3.63, 3.8) is 0 Å². The van der Waals surface area contributed by atoms with Crippen molar-refractivity contribution in [3.05, 3.63) is 12.2 Å². The summed E-state index contributed by atoms with van der Waals surface area (Å²) in [4.78, 5) is 34.7. The zero-order valence-electron chi connectivity index (χ0n) is 10.7. The summed E-state index contributed by atoms with van der Waals surface area (Å²) in [5.74, 6) is -1.39. The van der Waals surface area contributed by atoms with Gasteiger partial charge < -0.3 is 15.3 Å². The lowest BCUT2D eigenvalue weighted by Gasteiger charge is -2.13. The molecule has 0 unspecified atom stereocenters. The lowest BCUT2D eigenvalue weighted by molar-refractivity contribution is -0.141. The van der Waals surface area contributed by atoms with Crippen LogP contribution in [0.5, 0.6) is 0 Å². The van der Waals surface area contributed by atoms with E-state index >= 15 is 0 Å². The topological polar surface area (TPSA) is 99.2 Å². The van der Waals surface area contributed by atoms with Crippen LogP contribution in [-0.4, -0.2) is 72.8 Å². The number of imide groups is 1. The SMILES string of the molecule is CN(O)CCOCCNC(=O)CN1C(=O)C=CC1=O. The molecule has 0 bridgehead atoms. The molecule has 1 heterocycles. The number of rotatable bonds is 8. The van der Waals surface area contributed by atoms with Gasteiger partial charge >= 0.3 is 0 Å². The molecule has 0 radical (unpaired) electrons. The van der Waals surface area contributed by atoms with Crippen molar-refractivity contribution < 1.29 is 24.3 Å². The highest BCUT2D eigenvalue weighted by molar-refractivity contribution is 6.14. The van der Waals surface area contributed by atoms with Crippen LogP contribution in [0.2, 0.25) is 0 Å². The number of carbonyl (C=O) groups is 3. The van der Waals surface area contributed by atoms with Crippen molar-refractivity contribution in [2.24, 2.45) is 0 Å². The van der Waals surface area contributed by atoms with Gasteiger partial charge in [0.2, 0.25) is 5.91 Å². The molecule has 0 saturated carbocycles. The van der Waals surface area contributed by atoms with Crippen LogP contribution in [0.15, 0.2) is 12.2 Å². The van der Waals surface area contributed by atoms with E-state index in [1.165, 1.54) is 7.05 Å². The van der Waals surface area contributed by atoms with Crippen molar-refractivity contribution in [2.75, 3.05) is 39.9 Å². The van der Waals surface area contributed by atoms with E-state index in [2.05, 4.69) is 5.32 Å². The molecule has 2 N–H and O–H groups in total. The van der Waals surface area contributed by atoms with Gasteiger partial charge in [-0.1, -0.05) is 0 Å². The predicted octanol–water partition coefficient (Wildman–Crippen LogP) is -1.63. The molecule has 0 saturated heterocycles. The van der Waals surface area contributed by atoms with Gasteiger partial charge in [-0.05, 0) is 0 Å². The number of nitrogens with zero attached hydrogens (tertiary/aromatic N) is 2. The monoisotopic (exact) mass is 271 g/mol. The van der Waals surface area contributed by atoms with Gasteiger partial charge in [-0.2, -0.15) is 5.06 Å². The quantitative estimate of drug-likeness (QED) is 0.312. The normalized spacial score (nSPS) is 14.6. The highest BCUT2D eigenvalue weighted by atomic mass is 16.5. The third-order valence-corrected chi connectivity index (χ3v) is 2.33. The average Bonchev–Trinajstić information content (AvgIpc) is 2.65. The molecule has 1 aliphatic rings. The minimum absolute atomic E-state index is 0.275. The Balaban J connectivity index is 2.09. The Kier molecular flexibility index (Phi) is 6.13. The molecule has 106 valence electrons. The van der Waals surface area contributed by atoms with Crippen LogP contribution in [0.3, 0.4) is 0 Å². The van der Waals surface area contributed by atoms with Gasteiger partial charge in [-0.25, -0.2) is 0 Å². The predicted molar refractivity (Wildman–Crippen MR) is 64.1 cm³/mol. The van der Waals surface area contributed by atoms with Gasteiger partial charge in [0.05, 0.1) is 13.2 Å². The number of hydroxylamine groups is 2. The number of hydrogen-bond donors (Lipinski definition) is 2. The fraction of sp³-hybridized carbons (Fsp3) is 0.545. The van der Waals surface area contributed by atoms with Gasteiger partial charge in [0.25, 0.3) is 11.8 Å². The summed E-state index contributed by atoms with van der Waals surface area (Å²) in [6, 6.07) is 0. The molecule has 0 atom stereocenters. The van der Waals surface area contributed by atoms with Crippen LogP contribution >= 0.6 is 0 Å². The van der Waals surface area contributed by atoms with Crippen LogP contribution in [0.4, 0.5) is 0 Å². The van der Waals surface area contributed by atoms with Crippen LogP contribution < -0.4 is 5.32 Å². The van der Waals surface area contributed by atoms with E-state index < -0.39 is 17.7 Å². The Morgan fingerprint density at radius 2 is 2.00 bits per heavy atom. The number of nitrogens with one attached hydrogen (secondary N) is 1. The molecule has 8 nitrogen and oxygen atoms in total. The zero-order chi connectivity index (χ0) is 14.3. The fourth-order valence-corrected chi connectivity index (χ4v) is 1.35. The van der Waals surface area contributed by atoms with Crippen molar-refractivity contribution in [2.45, 2.75) is 0 Å². The van der Waals surface area contributed by atoms with E-state index in [0.29, 0.717) is 19.8 Å². The van der Waals surface area contributed by atoms with Gasteiger partial charge in [0, 0.05) is 32.3 Å². The molecule has 3 amide bonds. The molecule has 1 aliphatic heterocycles. The number of ether oxygens (including phenoxy) is 1. The Bertz CT molecular complexity index is 363. The second kappa shape index (κ2) is 7.62. The molecule has 0 aromatic heterocycles. The van der Waals surface area contributed by atoms with Crippen LogP contribution in [-0.2, 0) is 19.1 Å². The van der Waals surface area contributed by atoms with E-state index in [1.54, 1.807) is 0 Å². The van der Waals surface area contributed by atoms with Gasteiger partial charge in [0.15, 0.2) is 0 Å². The zero-order valence-corrected chi connectivity index (χ0v) is 10.7. The van der Waals surface area contributed by atoms with Crippen molar-refractivity contribution >= 4 is 17.7 Å². The number of carbonyl (C=O) groups excluding carboxylic acids is 3. The van der Waals surface area contributed by atoms with E-state index in [0.717, 1.165) is 22.1 Å². The third kappa shape index (κ3) is 5.60. The maximum Gasteiger partial charge on any atom is 0.254 e. The molecule has 19 heavy (non-hydrogen) atoms. The Morgan fingerprint density at radius 1 is 1.37 bits per heavy atom. The van der Waals surface area contributed by atoms with Gasteiger partial charge in [-0.15, -0.1) is 0 Å². The summed E-state index contributed by atoms with van der Waals surface area (Å²) in [6.45, 7) is 0.994. The lowest BCUT2D eigenvalue weighted by Crippen LogP contribution is -2.41. The minimum Gasteiger partial charge on any atom is -0.378 e. The van der Waals surface area contributed by atoms with Crippen LogP contribution in [0.1, 0.15) is 0 Å². The Morgan fingerprint density at radius 3 is 2.58 bits per heavy atom. The molecule has 0 spiro atoms. The van der Waals surface area contributed by atoms with Crippen LogP contribution in [0.25, 0.3) is 0 Å². The number of hydrogen-bond acceptors (Lipinski definition) is 6. The van der Waals surface area contributed by atoms with Gasteiger partial charge in [-0.3, -0.25) is 19.3 Å². The summed E-state index contributed by atoms with van der Waals surface area (Å²) < 4.78 is 5.13. The lowest BCUT2D eigenvalue weighted by atomic mass is 10.4. The highest BCUT2D eigenvalue weighted by Crippen LogP contribution is 2.01. The standard InChI is InChI=1S/C11H17N3O5/c1-13(18)5-7-19-6-4-12-9(15)8-14-10(16)2-3-11(14)17/h2-3,18H,4-8H2,1H3,(H,12,15). The first kappa shape index (κ1) is 15.3. The van der Waals surface area contributed by atoms with Crippen molar-refractivity contribution in [3.8, 4) is 0 Å². The van der Waals surface area contributed by atoms with Crippen molar-refractivity contribution in [1.82, 2.24) is 15.3 Å². The molecule has 0 fully saturated rings. The summed E-state index contributed by atoms with van der Waals surface area (Å²) >= 11 is 0. The highest BCUT2D eigenvalue weighted by Gasteiger charge is 2.25. The first-order valence-electron chi connectivity index (χ1n) is 5.78. The van der Waals surface area contributed by atoms with E-state index in [1.807, 2.05) is 0 Å². The first-order chi connectivity index (χ1) is 9.00. The Hall–Kier alpha value is -1.77. The molecule has 1 rings (SSSR count). The molecular formula is C11H17N3O5. The number of likely N-dealkylation sites (N-methyl/N-ethyl adjacent to an activating group) is 1. The van der Waals surface area contributed by atoms with Crippen molar-refractivity contribution in [1.29, 1.82) is 0 Å². The van der Waals surface area contributed by atoms with E-state index in [4.69, 9.17) is 9.94 Å². The maximum atomic E-state index is 11.4. The second-order valence-corrected chi connectivity index (χ2v) is 3.94. The van der Waals surface area contributed by atoms with Gasteiger partial charge in [0.1, 0.15) is 6.54 Å². The van der Waals surface area contributed by atoms with Crippen LogP contribution in [0, 0.1) is 0 Å². The molecule has 0 aromatic carbocycles. The first-order valence-corrected chi connectivity index (χ1v) is 5.78. The summed E-state index contributed by atoms with van der Waals surface area (Å²) in [5, 5.41) is 12.3. The average molecular weight is 271 g/mol. The fourth-order valence-electron chi connectivity index (χ4n) is 1.35. The summed E-state index contributed by atoms with van der Waals surface area (Å²) in [7, 11) is 1.50.